The van der Waals surface area contributed by atoms with Crippen molar-refractivity contribution in [3.05, 3.63) is 11.9 Å². The van der Waals surface area contributed by atoms with E-state index in [2.05, 4.69) is 4.98 Å². The summed E-state index contributed by atoms with van der Waals surface area (Å²) >= 11 is 0. The van der Waals surface area contributed by atoms with Crippen molar-refractivity contribution in [1.82, 2.24) is 9.66 Å². The lowest BCUT2D eigenvalue weighted by Crippen LogP contribution is -2.43. The topological polar surface area (TPSA) is 69.9 Å². The molecule has 0 amide bonds. The van der Waals surface area contributed by atoms with E-state index in [0.29, 0.717) is 11.9 Å². The van der Waals surface area contributed by atoms with Crippen molar-refractivity contribution in [1.29, 1.82) is 0 Å². The summed E-state index contributed by atoms with van der Waals surface area (Å²) in [6.07, 6.45) is 9.09. The van der Waals surface area contributed by atoms with Gasteiger partial charge in [0.15, 0.2) is 0 Å². The van der Waals surface area contributed by atoms with E-state index in [1.807, 2.05) is 6.20 Å². The van der Waals surface area contributed by atoms with Gasteiger partial charge in [-0.2, -0.15) is 0 Å². The van der Waals surface area contributed by atoms with E-state index in [4.69, 9.17) is 11.6 Å². The molecule has 4 nitrogen and oxygen atoms in total. The Kier molecular flexibility index (Phi) is 1.83. The Morgan fingerprint density at radius 3 is 2.12 bits per heavy atom. The van der Waals surface area contributed by atoms with Gasteiger partial charge < -0.3 is 11.6 Å². The minimum atomic E-state index is 0.453. The van der Waals surface area contributed by atoms with Gasteiger partial charge in [-0.25, -0.2) is 9.66 Å². The molecule has 0 spiro atoms. The van der Waals surface area contributed by atoms with Crippen molar-refractivity contribution in [3.8, 4) is 0 Å². The Labute approximate surface area is 101 Å². The lowest BCUT2D eigenvalue weighted by atomic mass is 9.51. The first-order valence-electron chi connectivity index (χ1n) is 6.80. The maximum Gasteiger partial charge on any atom is 0.219 e. The number of imidazole rings is 1. The Hall–Kier alpha value is -1.19. The van der Waals surface area contributed by atoms with Gasteiger partial charge in [0.2, 0.25) is 5.95 Å². The van der Waals surface area contributed by atoms with Crippen molar-refractivity contribution in [2.45, 2.75) is 38.0 Å². The van der Waals surface area contributed by atoms with Crippen molar-refractivity contribution in [2.75, 3.05) is 11.6 Å². The van der Waals surface area contributed by atoms with Gasteiger partial charge in [0, 0.05) is 5.92 Å². The third kappa shape index (κ3) is 1.33. The van der Waals surface area contributed by atoms with E-state index in [9.17, 15) is 0 Å². The molecule has 0 atom stereocenters. The zero-order valence-electron chi connectivity index (χ0n) is 10.0. The predicted octanol–water partition coefficient (Wildman–Crippen LogP) is 1.72. The molecule has 1 aromatic heterocycles. The fourth-order valence-electron chi connectivity index (χ4n) is 5.00. The van der Waals surface area contributed by atoms with E-state index in [-0.39, 0.29) is 0 Å². The van der Waals surface area contributed by atoms with Crippen LogP contribution in [-0.2, 0) is 0 Å². The summed E-state index contributed by atoms with van der Waals surface area (Å²) in [6, 6.07) is 0. The van der Waals surface area contributed by atoms with Crippen LogP contribution in [0.1, 0.15) is 43.7 Å². The first-order chi connectivity index (χ1) is 8.20. The number of rotatable bonds is 1. The summed E-state index contributed by atoms with van der Waals surface area (Å²) in [5.41, 5.74) is 6.91. The lowest BCUT2D eigenvalue weighted by molar-refractivity contribution is -0.00402. The molecule has 4 bridgehead atoms. The van der Waals surface area contributed by atoms with Crippen molar-refractivity contribution >= 4 is 5.95 Å². The largest absolute Gasteiger partial charge is 0.368 e. The van der Waals surface area contributed by atoms with E-state index >= 15 is 0 Å². The smallest absolute Gasteiger partial charge is 0.219 e. The summed E-state index contributed by atoms with van der Waals surface area (Å²) < 4.78 is 1.47. The fraction of sp³-hybridized carbons (Fsp3) is 0.769. The molecule has 17 heavy (non-hydrogen) atoms. The van der Waals surface area contributed by atoms with E-state index in [1.165, 1.54) is 36.8 Å². The minimum Gasteiger partial charge on any atom is -0.368 e. The first-order valence-corrected chi connectivity index (χ1v) is 6.80. The van der Waals surface area contributed by atoms with E-state index in [1.54, 1.807) is 0 Å². The van der Waals surface area contributed by atoms with Crippen LogP contribution >= 0.6 is 0 Å². The summed E-state index contributed by atoms with van der Waals surface area (Å²) in [6.45, 7) is 0. The van der Waals surface area contributed by atoms with Crippen LogP contribution in [0.4, 0.5) is 5.95 Å². The van der Waals surface area contributed by atoms with Gasteiger partial charge in [0.25, 0.3) is 0 Å². The SMILES string of the molecule is Nc1nc(C2C3CC4CC(C3)CC2C4)cn1N. The van der Waals surface area contributed by atoms with Crippen molar-refractivity contribution < 1.29 is 0 Å². The summed E-state index contributed by atoms with van der Waals surface area (Å²) in [5.74, 6) is 10.6. The second kappa shape index (κ2) is 3.18. The average molecular weight is 232 g/mol. The molecule has 5 rings (SSSR count). The molecule has 4 heteroatoms. The molecule has 4 aliphatic rings. The Morgan fingerprint density at radius 1 is 1.06 bits per heavy atom. The van der Waals surface area contributed by atoms with Crippen molar-refractivity contribution in [3.63, 3.8) is 0 Å². The van der Waals surface area contributed by atoms with E-state index in [0.717, 1.165) is 29.4 Å². The highest BCUT2D eigenvalue weighted by Gasteiger charge is 2.49. The van der Waals surface area contributed by atoms with Crippen LogP contribution in [0.2, 0.25) is 0 Å². The molecule has 4 N–H and O–H groups in total. The van der Waals surface area contributed by atoms with Crippen LogP contribution in [0.15, 0.2) is 6.20 Å². The second-order valence-electron chi connectivity index (χ2n) is 6.39. The molecular formula is C13H20N4. The van der Waals surface area contributed by atoms with Crippen LogP contribution in [0.25, 0.3) is 0 Å². The Bertz CT molecular complexity index is 403. The summed E-state index contributed by atoms with van der Waals surface area (Å²) in [7, 11) is 0. The Balaban J connectivity index is 1.70. The van der Waals surface area contributed by atoms with Crippen LogP contribution in [0, 0.1) is 23.7 Å². The summed E-state index contributed by atoms with van der Waals surface area (Å²) in [5, 5.41) is 0. The van der Waals surface area contributed by atoms with Gasteiger partial charge in [-0.1, -0.05) is 0 Å². The number of nitrogens with zero attached hydrogens (tertiary/aromatic N) is 2. The molecule has 1 heterocycles. The zero-order chi connectivity index (χ0) is 11.6. The number of anilines is 1. The molecule has 0 radical (unpaired) electrons. The Morgan fingerprint density at radius 2 is 1.65 bits per heavy atom. The van der Waals surface area contributed by atoms with Crippen LogP contribution in [-0.4, -0.2) is 9.66 Å². The highest BCUT2D eigenvalue weighted by Crippen LogP contribution is 2.59. The standard InChI is InChI=1S/C13H20N4/c14-13-16-11(6-17(13)15)12-9-2-7-1-8(4-9)5-10(12)3-7/h6-10,12H,1-5,15H2,(H2,14,16). The molecule has 0 saturated heterocycles. The van der Waals surface area contributed by atoms with Gasteiger partial charge in [0.05, 0.1) is 11.9 Å². The van der Waals surface area contributed by atoms with Gasteiger partial charge in [-0.05, 0) is 55.8 Å². The molecule has 4 aliphatic carbocycles. The normalized spacial score (nSPS) is 43.2. The molecule has 0 aromatic carbocycles. The quantitative estimate of drug-likeness (QED) is 0.724. The van der Waals surface area contributed by atoms with Crippen LogP contribution < -0.4 is 11.6 Å². The maximum atomic E-state index is 5.76. The number of nitrogen functional groups attached to an aromatic ring is 2. The molecule has 1 aromatic rings. The van der Waals surface area contributed by atoms with Gasteiger partial charge >= 0.3 is 0 Å². The molecule has 0 unspecified atom stereocenters. The highest BCUT2D eigenvalue weighted by molar-refractivity contribution is 5.26. The zero-order valence-corrected chi connectivity index (χ0v) is 10.0. The van der Waals surface area contributed by atoms with Gasteiger partial charge in [0.1, 0.15) is 0 Å². The number of aromatic nitrogens is 2. The number of hydrogen-bond acceptors (Lipinski definition) is 3. The van der Waals surface area contributed by atoms with E-state index < -0.39 is 0 Å². The fourth-order valence-corrected chi connectivity index (χ4v) is 5.00. The molecule has 92 valence electrons. The third-order valence-corrected chi connectivity index (χ3v) is 5.35. The van der Waals surface area contributed by atoms with Gasteiger partial charge in [-0.15, -0.1) is 0 Å². The number of nitrogens with two attached hydrogens (primary N) is 2. The molecule has 4 fully saturated rings. The van der Waals surface area contributed by atoms with Crippen LogP contribution in [0.5, 0.6) is 0 Å². The minimum absolute atomic E-state index is 0.453. The lowest BCUT2D eigenvalue weighted by Gasteiger charge is -2.54. The second-order valence-corrected chi connectivity index (χ2v) is 6.39. The monoisotopic (exact) mass is 232 g/mol. The first kappa shape index (κ1) is 9.80. The number of hydrogen-bond donors (Lipinski definition) is 2. The molecule has 4 saturated carbocycles. The predicted molar refractivity (Wildman–Crippen MR) is 66.6 cm³/mol. The molecule has 0 aliphatic heterocycles. The molecular weight excluding hydrogens is 212 g/mol. The van der Waals surface area contributed by atoms with Gasteiger partial charge in [-0.3, -0.25) is 0 Å². The van der Waals surface area contributed by atoms with Crippen molar-refractivity contribution in [2.24, 2.45) is 23.7 Å². The third-order valence-electron chi connectivity index (χ3n) is 5.35. The van der Waals surface area contributed by atoms with Crippen LogP contribution in [0.3, 0.4) is 0 Å². The highest BCUT2D eigenvalue weighted by atomic mass is 15.3. The maximum absolute atomic E-state index is 5.76. The summed E-state index contributed by atoms with van der Waals surface area (Å²) in [4.78, 5) is 4.47. The average Bonchev–Trinajstić information content (AvgIpc) is 2.57.